The molecule has 1 aliphatic heterocycles. The van der Waals surface area contributed by atoms with Crippen LogP contribution in [0.4, 0.5) is 0 Å². The normalized spacial score (nSPS) is 18.5. The molecule has 1 aliphatic carbocycles. The lowest BCUT2D eigenvalue weighted by Gasteiger charge is -2.17. The maximum absolute atomic E-state index is 12.9. The number of nitrogens with zero attached hydrogens (tertiary/aromatic N) is 4. The first-order valence-corrected chi connectivity index (χ1v) is 10.2. The zero-order valence-electron chi connectivity index (χ0n) is 16.4. The minimum absolute atomic E-state index is 0.0572. The van der Waals surface area contributed by atoms with Gasteiger partial charge in [-0.15, -0.1) is 10.2 Å². The van der Waals surface area contributed by atoms with E-state index in [4.69, 9.17) is 4.99 Å². The molecule has 2 aromatic carbocycles. The molecule has 1 amide bonds. The summed E-state index contributed by atoms with van der Waals surface area (Å²) < 4.78 is 2.01. The molecule has 5 rings (SSSR count). The maximum atomic E-state index is 12.9. The van der Waals surface area contributed by atoms with Gasteiger partial charge in [-0.1, -0.05) is 61.4 Å². The number of carbonyl (C=O) groups is 1. The number of fused-ring (bicyclic) bond motifs is 3. The molecular formula is C23H23N5O. The van der Waals surface area contributed by atoms with Gasteiger partial charge < -0.3 is 5.32 Å². The third-order valence-corrected chi connectivity index (χ3v) is 5.80. The fourth-order valence-electron chi connectivity index (χ4n) is 4.34. The predicted molar refractivity (Wildman–Crippen MR) is 111 cm³/mol. The number of nitrogens with one attached hydrogen (secondary N) is 1. The molecule has 1 aromatic heterocycles. The zero-order chi connectivity index (χ0) is 19.8. The summed E-state index contributed by atoms with van der Waals surface area (Å²) >= 11 is 0. The molecule has 1 atom stereocenters. The van der Waals surface area contributed by atoms with Gasteiger partial charge >= 0.3 is 0 Å². The van der Waals surface area contributed by atoms with Gasteiger partial charge in [0.2, 0.25) is 5.91 Å². The molecule has 1 N–H and O–H groups in total. The largest absolute Gasteiger partial charge is 0.328 e. The first-order chi connectivity index (χ1) is 14.2. The van der Waals surface area contributed by atoms with Crippen molar-refractivity contribution in [1.29, 1.82) is 0 Å². The van der Waals surface area contributed by atoms with Gasteiger partial charge in [-0.05, 0) is 25.8 Å². The van der Waals surface area contributed by atoms with Gasteiger partial charge in [-0.2, -0.15) is 0 Å². The van der Waals surface area contributed by atoms with Crippen LogP contribution < -0.4 is 5.32 Å². The van der Waals surface area contributed by atoms with E-state index >= 15 is 0 Å². The summed E-state index contributed by atoms with van der Waals surface area (Å²) in [5.41, 5.74) is 3.84. The Morgan fingerprint density at radius 3 is 2.52 bits per heavy atom. The lowest BCUT2D eigenvalue weighted by molar-refractivity contribution is -0.125. The van der Waals surface area contributed by atoms with Crippen LogP contribution in [-0.4, -0.2) is 26.4 Å². The standard InChI is InChI=1S/C23H23N5O/c1-15-26-27-22-21(25-23(29)17-11-5-6-12-17)24-20(16-9-3-2-4-10-16)18-13-7-8-14-19(18)28(15)22/h2-4,7-10,13-14,17,21H,5-6,11-12H2,1H3,(H,25,29). The lowest BCUT2D eigenvalue weighted by Crippen LogP contribution is -2.33. The second-order valence-corrected chi connectivity index (χ2v) is 7.69. The molecule has 3 aromatic rings. The topological polar surface area (TPSA) is 72.2 Å². The van der Waals surface area contributed by atoms with Crippen LogP contribution in [0.15, 0.2) is 59.6 Å². The average molecular weight is 385 g/mol. The Morgan fingerprint density at radius 1 is 1.00 bits per heavy atom. The minimum Gasteiger partial charge on any atom is -0.328 e. The first kappa shape index (κ1) is 17.8. The SMILES string of the molecule is Cc1nnc2n1-c1ccccc1C(c1ccccc1)=NC2NC(=O)C1CCCC1. The van der Waals surface area contributed by atoms with Crippen LogP contribution in [0.5, 0.6) is 0 Å². The van der Waals surface area contributed by atoms with Crippen molar-refractivity contribution in [2.75, 3.05) is 0 Å². The number of amides is 1. The molecule has 146 valence electrons. The van der Waals surface area contributed by atoms with E-state index in [0.29, 0.717) is 5.82 Å². The van der Waals surface area contributed by atoms with Crippen LogP contribution in [0.2, 0.25) is 0 Å². The summed E-state index contributed by atoms with van der Waals surface area (Å²) in [6.45, 7) is 1.93. The van der Waals surface area contributed by atoms with Crippen molar-refractivity contribution in [1.82, 2.24) is 20.1 Å². The van der Waals surface area contributed by atoms with Crippen LogP contribution in [0, 0.1) is 12.8 Å². The van der Waals surface area contributed by atoms with E-state index in [2.05, 4.69) is 27.6 Å². The Morgan fingerprint density at radius 2 is 1.72 bits per heavy atom. The van der Waals surface area contributed by atoms with Gasteiger partial charge in [0.1, 0.15) is 5.82 Å². The molecule has 0 radical (unpaired) electrons. The van der Waals surface area contributed by atoms with Gasteiger partial charge in [0.15, 0.2) is 12.0 Å². The number of hydrogen-bond donors (Lipinski definition) is 1. The molecule has 0 saturated heterocycles. The molecule has 1 unspecified atom stereocenters. The number of aryl methyl sites for hydroxylation is 1. The highest BCUT2D eigenvalue weighted by molar-refractivity contribution is 6.15. The minimum atomic E-state index is -0.577. The highest BCUT2D eigenvalue weighted by atomic mass is 16.2. The summed E-state index contributed by atoms with van der Waals surface area (Å²) in [6.07, 6.45) is 3.54. The van der Waals surface area contributed by atoms with E-state index < -0.39 is 6.17 Å². The molecule has 1 saturated carbocycles. The fourth-order valence-corrected chi connectivity index (χ4v) is 4.34. The van der Waals surface area contributed by atoms with Gasteiger partial charge in [-0.25, -0.2) is 0 Å². The van der Waals surface area contributed by atoms with Crippen molar-refractivity contribution >= 4 is 11.6 Å². The predicted octanol–water partition coefficient (Wildman–Crippen LogP) is 3.73. The molecule has 0 bridgehead atoms. The van der Waals surface area contributed by atoms with Crippen molar-refractivity contribution in [2.45, 2.75) is 38.8 Å². The van der Waals surface area contributed by atoms with Gasteiger partial charge in [-0.3, -0.25) is 14.4 Å². The van der Waals surface area contributed by atoms with E-state index in [1.54, 1.807) is 0 Å². The van der Waals surface area contributed by atoms with E-state index in [1.807, 2.05) is 54.0 Å². The molecule has 29 heavy (non-hydrogen) atoms. The van der Waals surface area contributed by atoms with Gasteiger partial charge in [0, 0.05) is 17.0 Å². The summed E-state index contributed by atoms with van der Waals surface area (Å²) in [4.78, 5) is 17.9. The second kappa shape index (κ2) is 7.28. The second-order valence-electron chi connectivity index (χ2n) is 7.69. The molecular weight excluding hydrogens is 362 g/mol. The third kappa shape index (κ3) is 3.14. The Kier molecular flexibility index (Phi) is 4.46. The highest BCUT2D eigenvalue weighted by Crippen LogP contribution is 2.31. The van der Waals surface area contributed by atoms with Crippen molar-refractivity contribution in [3.05, 3.63) is 77.4 Å². The van der Waals surface area contributed by atoms with Crippen LogP contribution in [0.3, 0.4) is 0 Å². The number of benzene rings is 2. The molecule has 2 aliphatic rings. The first-order valence-electron chi connectivity index (χ1n) is 10.2. The quantitative estimate of drug-likeness (QED) is 0.747. The highest BCUT2D eigenvalue weighted by Gasteiger charge is 2.31. The Labute approximate surface area is 169 Å². The number of aliphatic imine (C=N–C) groups is 1. The zero-order valence-corrected chi connectivity index (χ0v) is 16.4. The number of para-hydroxylation sites is 1. The Hall–Kier alpha value is -3.28. The molecule has 1 fully saturated rings. The average Bonchev–Trinajstić information content (AvgIpc) is 3.39. The smallest absolute Gasteiger partial charge is 0.225 e. The van der Waals surface area contributed by atoms with Crippen LogP contribution >= 0.6 is 0 Å². The Bertz CT molecular complexity index is 1080. The van der Waals surface area contributed by atoms with E-state index in [9.17, 15) is 4.79 Å². The summed E-state index contributed by atoms with van der Waals surface area (Å²) in [5, 5.41) is 11.8. The van der Waals surface area contributed by atoms with Crippen molar-refractivity contribution in [2.24, 2.45) is 10.9 Å². The van der Waals surface area contributed by atoms with Crippen molar-refractivity contribution in [3.63, 3.8) is 0 Å². The molecule has 6 heteroatoms. The van der Waals surface area contributed by atoms with Crippen molar-refractivity contribution in [3.8, 4) is 5.69 Å². The van der Waals surface area contributed by atoms with E-state index in [1.165, 1.54) is 0 Å². The Balaban J connectivity index is 1.66. The van der Waals surface area contributed by atoms with Crippen LogP contribution in [-0.2, 0) is 4.79 Å². The number of aromatic nitrogens is 3. The molecule has 6 nitrogen and oxygen atoms in total. The summed E-state index contributed by atoms with van der Waals surface area (Å²) in [7, 11) is 0. The van der Waals surface area contributed by atoms with Crippen molar-refractivity contribution < 1.29 is 4.79 Å². The molecule has 0 spiro atoms. The van der Waals surface area contributed by atoms with Crippen LogP contribution in [0.25, 0.3) is 5.69 Å². The van der Waals surface area contributed by atoms with E-state index in [-0.39, 0.29) is 11.8 Å². The van der Waals surface area contributed by atoms with E-state index in [0.717, 1.165) is 54.0 Å². The number of hydrogen-bond acceptors (Lipinski definition) is 4. The molecule has 2 heterocycles. The lowest BCUT2D eigenvalue weighted by atomic mass is 10.0. The maximum Gasteiger partial charge on any atom is 0.225 e. The van der Waals surface area contributed by atoms with Gasteiger partial charge in [0.25, 0.3) is 0 Å². The number of carbonyl (C=O) groups excluding carboxylic acids is 1. The van der Waals surface area contributed by atoms with Crippen LogP contribution in [0.1, 0.15) is 54.6 Å². The summed E-state index contributed by atoms with van der Waals surface area (Å²) in [5.74, 6) is 1.54. The number of rotatable bonds is 3. The fraction of sp³-hybridized carbons (Fsp3) is 0.304. The monoisotopic (exact) mass is 385 g/mol. The summed E-state index contributed by atoms with van der Waals surface area (Å²) in [6, 6.07) is 18.2. The third-order valence-electron chi connectivity index (χ3n) is 5.80. The van der Waals surface area contributed by atoms with Gasteiger partial charge in [0.05, 0.1) is 11.4 Å².